The quantitative estimate of drug-likeness (QED) is 0.311. The summed E-state index contributed by atoms with van der Waals surface area (Å²) in [6, 6.07) is 0. The van der Waals surface area contributed by atoms with Gasteiger partial charge in [0.2, 0.25) is 23.5 Å². The van der Waals surface area contributed by atoms with Crippen LogP contribution in [0.15, 0.2) is 12.2 Å². The van der Waals surface area contributed by atoms with Gasteiger partial charge in [0.05, 0.1) is 0 Å². The monoisotopic (exact) mass is 278 g/mol. The van der Waals surface area contributed by atoms with Crippen LogP contribution in [0.2, 0.25) is 0 Å². The van der Waals surface area contributed by atoms with Gasteiger partial charge in [-0.05, 0) is 0 Å². The highest BCUT2D eigenvalue weighted by Gasteiger charge is 2.46. The summed E-state index contributed by atoms with van der Waals surface area (Å²) in [6.45, 7) is 0. The number of hydrogen-bond donors (Lipinski definition) is 6. The van der Waals surface area contributed by atoms with Crippen LogP contribution in [0, 0.1) is 0 Å². The van der Waals surface area contributed by atoms with Crippen molar-refractivity contribution in [2.75, 3.05) is 0 Å². The number of hydrogen-bond acceptors (Lipinski definition) is 6. The highest BCUT2D eigenvalue weighted by molar-refractivity contribution is 5.70. The molecule has 0 atom stereocenters. The minimum Gasteiger partial charge on any atom is -0.492 e. The zero-order valence-electron chi connectivity index (χ0n) is 9.89. The molecule has 0 unspecified atom stereocenters. The second-order valence-corrected chi connectivity index (χ2v) is 4.91. The molecule has 0 aromatic carbocycles. The maximum absolute atomic E-state index is 9.88. The Hall–Kier alpha value is -2.90. The Balaban J connectivity index is 2.12. The van der Waals surface area contributed by atoms with E-state index in [0.717, 1.165) is 0 Å². The van der Waals surface area contributed by atoms with Crippen molar-refractivity contribution in [3.05, 3.63) is 34.4 Å². The van der Waals surface area contributed by atoms with E-state index in [-0.39, 0.29) is 31.7 Å². The molecule has 20 heavy (non-hydrogen) atoms. The minimum absolute atomic E-state index is 0.242. The first-order chi connectivity index (χ1) is 9.45. The van der Waals surface area contributed by atoms with Crippen LogP contribution in [0.3, 0.4) is 0 Å². The molecule has 0 amide bonds. The molecule has 0 saturated heterocycles. The van der Waals surface area contributed by atoms with Crippen LogP contribution in [0.4, 0.5) is 0 Å². The maximum Gasteiger partial charge on any atom is 0.233 e. The van der Waals surface area contributed by atoms with E-state index in [1.54, 1.807) is 12.2 Å². The van der Waals surface area contributed by atoms with Gasteiger partial charge in [0.15, 0.2) is 0 Å². The van der Waals surface area contributed by atoms with E-state index in [4.69, 9.17) is 0 Å². The van der Waals surface area contributed by atoms with E-state index >= 15 is 0 Å². The second-order valence-electron chi connectivity index (χ2n) is 4.91. The fourth-order valence-corrected chi connectivity index (χ4v) is 3.26. The summed E-state index contributed by atoms with van der Waals surface area (Å²) in [5.74, 6) is -3.49. The van der Waals surface area contributed by atoms with E-state index in [1.165, 1.54) is 0 Å². The van der Waals surface area contributed by atoms with Gasteiger partial charge in [-0.15, -0.1) is 9.46 Å². The third-order valence-corrected chi connectivity index (χ3v) is 4.09. The summed E-state index contributed by atoms with van der Waals surface area (Å²) in [5.41, 5.74) is 0.966. The lowest BCUT2D eigenvalue weighted by Crippen LogP contribution is -2.17. The molecule has 2 heterocycles. The molecule has 0 aliphatic heterocycles. The van der Waals surface area contributed by atoms with Crippen LogP contribution < -0.4 is 0 Å². The van der Waals surface area contributed by atoms with Crippen LogP contribution in [-0.2, 0) is 0 Å². The second kappa shape index (κ2) is 2.98. The van der Waals surface area contributed by atoms with Crippen molar-refractivity contribution in [3.63, 3.8) is 0 Å². The van der Waals surface area contributed by atoms with E-state index in [0.29, 0.717) is 0 Å². The largest absolute Gasteiger partial charge is 0.492 e. The summed E-state index contributed by atoms with van der Waals surface area (Å²) in [6.07, 6.45) is 3.32. The summed E-state index contributed by atoms with van der Waals surface area (Å²) < 4.78 is 0.509. The molecule has 6 N–H and O–H groups in total. The van der Waals surface area contributed by atoms with Crippen molar-refractivity contribution in [1.82, 2.24) is 9.46 Å². The zero-order chi connectivity index (χ0) is 14.3. The number of aromatic hydroxyl groups is 4. The van der Waals surface area contributed by atoms with Gasteiger partial charge in [-0.2, -0.15) is 0 Å². The molecule has 3 aliphatic rings. The molecule has 2 bridgehead atoms. The standard InChI is InChI=1S/C12H10N2O6/c15-9-5-3-1-2-4(7(5)11(17)13(9)19)8-6(3)10(16)14(20)12(8)18/h1-4,15-20H. The van der Waals surface area contributed by atoms with Crippen LogP contribution in [0.25, 0.3) is 0 Å². The first-order valence-corrected chi connectivity index (χ1v) is 5.84. The fourth-order valence-electron chi connectivity index (χ4n) is 3.26. The van der Waals surface area contributed by atoms with E-state index in [9.17, 15) is 30.8 Å². The lowest BCUT2D eigenvalue weighted by Gasteiger charge is -2.30. The normalized spacial score (nSPS) is 22.0. The van der Waals surface area contributed by atoms with Crippen molar-refractivity contribution < 1.29 is 30.8 Å². The topological polar surface area (TPSA) is 131 Å². The average molecular weight is 278 g/mol. The molecule has 8 heteroatoms. The molecule has 5 rings (SSSR count). The molecular formula is C12H10N2O6. The highest BCUT2D eigenvalue weighted by atomic mass is 16.5. The Morgan fingerprint density at radius 1 is 0.600 bits per heavy atom. The Morgan fingerprint density at radius 2 is 0.850 bits per heavy atom. The van der Waals surface area contributed by atoms with E-state index < -0.39 is 35.4 Å². The van der Waals surface area contributed by atoms with Gasteiger partial charge < -0.3 is 30.8 Å². The molecule has 2 aromatic heterocycles. The molecule has 0 saturated carbocycles. The Bertz CT molecular complexity index is 679. The summed E-state index contributed by atoms with van der Waals surface area (Å²) in [7, 11) is 0. The van der Waals surface area contributed by atoms with Gasteiger partial charge in [0.1, 0.15) is 0 Å². The maximum atomic E-state index is 9.88. The molecule has 2 aromatic rings. The molecule has 0 radical (unpaired) electrons. The summed E-state index contributed by atoms with van der Waals surface area (Å²) in [4.78, 5) is 0. The predicted octanol–water partition coefficient (Wildman–Crippen LogP) is 0.734. The molecule has 8 nitrogen and oxygen atoms in total. The number of allylic oxidation sites excluding steroid dienone is 2. The van der Waals surface area contributed by atoms with Crippen LogP contribution in [0.5, 0.6) is 23.5 Å². The predicted molar refractivity (Wildman–Crippen MR) is 62.7 cm³/mol. The van der Waals surface area contributed by atoms with Gasteiger partial charge in [-0.1, -0.05) is 12.2 Å². The minimum atomic E-state index is -0.677. The van der Waals surface area contributed by atoms with Gasteiger partial charge >= 0.3 is 0 Å². The average Bonchev–Trinajstić information content (AvgIpc) is 2.83. The third kappa shape index (κ3) is 0.889. The van der Waals surface area contributed by atoms with Crippen molar-refractivity contribution >= 4 is 0 Å². The first kappa shape index (κ1) is 11.0. The van der Waals surface area contributed by atoms with Gasteiger partial charge in [-0.25, -0.2) is 0 Å². The molecule has 0 fully saturated rings. The van der Waals surface area contributed by atoms with Gasteiger partial charge in [-0.3, -0.25) is 0 Å². The lowest BCUT2D eigenvalue weighted by atomic mass is 9.70. The third-order valence-electron chi connectivity index (χ3n) is 4.09. The van der Waals surface area contributed by atoms with E-state index in [1.807, 2.05) is 0 Å². The Labute approximate surface area is 111 Å². The number of rotatable bonds is 0. The highest BCUT2D eigenvalue weighted by Crippen LogP contribution is 2.60. The lowest BCUT2D eigenvalue weighted by molar-refractivity contribution is 0.128. The smallest absolute Gasteiger partial charge is 0.233 e. The molecule has 3 aliphatic carbocycles. The van der Waals surface area contributed by atoms with Crippen molar-refractivity contribution in [2.45, 2.75) is 11.8 Å². The number of nitrogens with zero attached hydrogens (tertiary/aromatic N) is 2. The first-order valence-electron chi connectivity index (χ1n) is 5.84. The van der Waals surface area contributed by atoms with Crippen molar-refractivity contribution in [3.8, 4) is 23.5 Å². The van der Waals surface area contributed by atoms with Crippen molar-refractivity contribution in [2.24, 2.45) is 0 Å². The zero-order valence-corrected chi connectivity index (χ0v) is 9.89. The van der Waals surface area contributed by atoms with Crippen LogP contribution >= 0.6 is 0 Å². The van der Waals surface area contributed by atoms with Gasteiger partial charge in [0, 0.05) is 34.1 Å². The van der Waals surface area contributed by atoms with E-state index in [2.05, 4.69) is 0 Å². The Morgan fingerprint density at radius 3 is 1.10 bits per heavy atom. The van der Waals surface area contributed by atoms with Crippen LogP contribution in [-0.4, -0.2) is 40.3 Å². The fraction of sp³-hybridized carbons (Fsp3) is 0.167. The number of aromatic nitrogens is 2. The summed E-state index contributed by atoms with van der Waals surface area (Å²) >= 11 is 0. The molecule has 104 valence electrons. The Kier molecular flexibility index (Phi) is 1.63. The summed E-state index contributed by atoms with van der Waals surface area (Å²) in [5, 5.41) is 58.7. The van der Waals surface area contributed by atoms with Gasteiger partial charge in [0.25, 0.3) is 0 Å². The SMILES string of the molecule is Oc1c2c(c(O)n1O)C1C=CC2c2c1c(O)n(O)c2O. The van der Waals surface area contributed by atoms with Crippen molar-refractivity contribution in [1.29, 1.82) is 0 Å². The molecule has 0 spiro atoms. The van der Waals surface area contributed by atoms with Crippen LogP contribution in [0.1, 0.15) is 34.1 Å². The molecular weight excluding hydrogens is 268 g/mol.